The lowest BCUT2D eigenvalue weighted by molar-refractivity contribution is -0.695. The minimum atomic E-state index is -0.481. The number of rotatable bonds is 4. The van der Waals surface area contributed by atoms with Gasteiger partial charge in [0.2, 0.25) is 5.69 Å². The van der Waals surface area contributed by atoms with Crippen molar-refractivity contribution in [1.29, 1.82) is 0 Å². The predicted molar refractivity (Wildman–Crippen MR) is 76.0 cm³/mol. The summed E-state index contributed by atoms with van der Waals surface area (Å²) in [5, 5.41) is 20.5. The van der Waals surface area contributed by atoms with E-state index in [9.17, 15) is 15.2 Å². The van der Waals surface area contributed by atoms with Crippen LogP contribution in [0.1, 0.15) is 18.2 Å². The summed E-state index contributed by atoms with van der Waals surface area (Å²) in [6, 6.07) is 9.75. The van der Waals surface area contributed by atoms with Gasteiger partial charge in [-0.2, -0.15) is 4.57 Å². The Morgan fingerprint density at radius 1 is 1.29 bits per heavy atom. The first-order valence-corrected chi connectivity index (χ1v) is 6.25. The Kier molecular flexibility index (Phi) is 6.29. The molecule has 0 bridgehead atoms. The third-order valence-electron chi connectivity index (χ3n) is 2.97. The molecule has 0 saturated carbocycles. The van der Waals surface area contributed by atoms with E-state index in [-0.39, 0.29) is 35.4 Å². The first-order chi connectivity index (χ1) is 9.61. The van der Waals surface area contributed by atoms with Crippen molar-refractivity contribution in [1.82, 2.24) is 0 Å². The molecule has 2 rings (SSSR count). The number of hydrogen-bond donors (Lipinski definition) is 1. The van der Waals surface area contributed by atoms with Crippen LogP contribution < -0.4 is 28.5 Å². The first kappa shape index (κ1) is 17.1. The maximum absolute atomic E-state index is 10.7. The van der Waals surface area contributed by atoms with Gasteiger partial charge in [-0.1, -0.05) is 0 Å². The molecule has 0 atom stereocenters. The van der Waals surface area contributed by atoms with E-state index < -0.39 is 4.92 Å². The molecule has 0 aliphatic carbocycles. The molecule has 21 heavy (non-hydrogen) atoms. The number of phenolic OH excluding ortho intramolecular Hbond substituents is 1. The number of halogens is 1. The van der Waals surface area contributed by atoms with Gasteiger partial charge in [0.1, 0.15) is 12.3 Å². The number of aryl methyl sites for hydroxylation is 1. The monoisotopic (exact) mass is 398 g/mol. The first-order valence-electron chi connectivity index (χ1n) is 6.25. The Hall–Kier alpha value is -1.96. The van der Waals surface area contributed by atoms with Crippen LogP contribution in [0.3, 0.4) is 0 Å². The highest BCUT2D eigenvalue weighted by atomic mass is 127. The second kappa shape index (κ2) is 7.72. The van der Waals surface area contributed by atoms with E-state index in [0.29, 0.717) is 5.56 Å². The molecule has 2 aromatic rings. The summed E-state index contributed by atoms with van der Waals surface area (Å²) in [6.07, 6.45) is 5.44. The van der Waals surface area contributed by atoms with Gasteiger partial charge in [0.05, 0.1) is 4.92 Å². The highest BCUT2D eigenvalue weighted by Gasteiger charge is 2.09. The van der Waals surface area contributed by atoms with Gasteiger partial charge in [0.25, 0.3) is 5.69 Å². The van der Waals surface area contributed by atoms with Crippen molar-refractivity contribution in [3.05, 3.63) is 64.0 Å². The van der Waals surface area contributed by atoms with Gasteiger partial charge in [-0.25, -0.2) is 0 Å². The Morgan fingerprint density at radius 2 is 2.05 bits per heavy atom. The smallest absolute Gasteiger partial charge is 0.270 e. The summed E-state index contributed by atoms with van der Waals surface area (Å²) in [4.78, 5) is 10.3. The molecule has 1 heterocycles. The molecule has 5 nitrogen and oxygen atoms in total. The fraction of sp³-hybridized carbons (Fsp3) is 0.133. The zero-order chi connectivity index (χ0) is 14.5. The number of benzene rings is 1. The fourth-order valence-corrected chi connectivity index (χ4v) is 1.89. The van der Waals surface area contributed by atoms with Crippen LogP contribution in [-0.2, 0) is 6.54 Å². The molecule has 0 radical (unpaired) electrons. The second-order valence-corrected chi connectivity index (χ2v) is 4.25. The molecule has 110 valence electrons. The van der Waals surface area contributed by atoms with Crippen molar-refractivity contribution in [3.8, 4) is 5.75 Å². The van der Waals surface area contributed by atoms with Gasteiger partial charge in [0.15, 0.2) is 6.20 Å². The Bertz CT molecular complexity index is 672. The summed E-state index contributed by atoms with van der Waals surface area (Å²) >= 11 is 0. The number of nitro groups is 1. The number of aromatic nitrogens is 1. The summed E-state index contributed by atoms with van der Waals surface area (Å²) in [6.45, 7) is 2.85. The van der Waals surface area contributed by atoms with Crippen LogP contribution >= 0.6 is 0 Å². The van der Waals surface area contributed by atoms with Crippen molar-refractivity contribution in [2.24, 2.45) is 0 Å². The topological polar surface area (TPSA) is 67.2 Å². The van der Waals surface area contributed by atoms with Gasteiger partial charge in [-0.3, -0.25) is 10.1 Å². The Morgan fingerprint density at radius 3 is 2.71 bits per heavy atom. The van der Waals surface area contributed by atoms with Crippen molar-refractivity contribution in [2.45, 2.75) is 13.5 Å². The number of pyridine rings is 1. The van der Waals surface area contributed by atoms with E-state index in [2.05, 4.69) is 0 Å². The van der Waals surface area contributed by atoms with E-state index in [1.165, 1.54) is 18.2 Å². The van der Waals surface area contributed by atoms with E-state index in [1.807, 2.05) is 42.0 Å². The molecule has 1 N–H and O–H groups in total. The molecular weight excluding hydrogens is 383 g/mol. The van der Waals surface area contributed by atoms with Crippen LogP contribution in [0.2, 0.25) is 0 Å². The molecule has 0 unspecified atom stereocenters. The lowest BCUT2D eigenvalue weighted by Gasteiger charge is -1.99. The van der Waals surface area contributed by atoms with Gasteiger partial charge < -0.3 is 29.1 Å². The minimum absolute atomic E-state index is 0. The molecule has 1 aromatic heterocycles. The maximum atomic E-state index is 10.7. The quantitative estimate of drug-likeness (QED) is 0.335. The van der Waals surface area contributed by atoms with Crippen LogP contribution in [-0.4, -0.2) is 10.0 Å². The zero-order valence-electron chi connectivity index (χ0n) is 11.4. The Balaban J connectivity index is 0.00000220. The summed E-state index contributed by atoms with van der Waals surface area (Å²) in [7, 11) is 0. The lowest BCUT2D eigenvalue weighted by atomic mass is 10.1. The zero-order valence-corrected chi connectivity index (χ0v) is 13.6. The largest absolute Gasteiger partial charge is 1.00 e. The van der Waals surface area contributed by atoms with E-state index in [4.69, 9.17) is 0 Å². The van der Waals surface area contributed by atoms with Crippen LogP contribution in [0.5, 0.6) is 5.75 Å². The van der Waals surface area contributed by atoms with Crippen LogP contribution in [0.15, 0.2) is 42.6 Å². The number of aromatic hydroxyl groups is 1. The third kappa shape index (κ3) is 4.25. The van der Waals surface area contributed by atoms with Gasteiger partial charge in [-0.05, 0) is 25.1 Å². The molecule has 0 saturated heterocycles. The van der Waals surface area contributed by atoms with Crippen molar-refractivity contribution in [3.63, 3.8) is 0 Å². The van der Waals surface area contributed by atoms with E-state index in [1.54, 1.807) is 6.08 Å². The maximum Gasteiger partial charge on any atom is 0.270 e. The molecule has 0 amide bonds. The predicted octanol–water partition coefficient (Wildman–Crippen LogP) is -0.218. The molecule has 0 fully saturated rings. The van der Waals surface area contributed by atoms with Crippen LogP contribution in [0.25, 0.3) is 12.2 Å². The summed E-state index contributed by atoms with van der Waals surface area (Å²) in [5.41, 5.74) is 1.34. The average molecular weight is 398 g/mol. The highest BCUT2D eigenvalue weighted by Crippen LogP contribution is 2.24. The van der Waals surface area contributed by atoms with Crippen molar-refractivity contribution in [2.75, 3.05) is 0 Å². The van der Waals surface area contributed by atoms with Crippen molar-refractivity contribution < 1.29 is 38.6 Å². The lowest BCUT2D eigenvalue weighted by Crippen LogP contribution is -3.00. The number of hydrogen-bond acceptors (Lipinski definition) is 3. The second-order valence-electron chi connectivity index (χ2n) is 4.25. The Labute approximate surface area is 139 Å². The normalized spacial score (nSPS) is 10.3. The fourth-order valence-electron chi connectivity index (χ4n) is 1.89. The van der Waals surface area contributed by atoms with E-state index in [0.717, 1.165) is 12.2 Å². The minimum Gasteiger partial charge on any atom is -1.00 e. The number of nitrogens with zero attached hydrogens (tertiary/aromatic N) is 2. The van der Waals surface area contributed by atoms with Crippen LogP contribution in [0, 0.1) is 10.1 Å². The van der Waals surface area contributed by atoms with Gasteiger partial charge in [-0.15, -0.1) is 0 Å². The number of phenols is 1. The van der Waals surface area contributed by atoms with Gasteiger partial charge in [0, 0.05) is 35.9 Å². The molecule has 0 spiro atoms. The number of non-ortho nitro benzene ring substituents is 1. The van der Waals surface area contributed by atoms with Gasteiger partial charge >= 0.3 is 0 Å². The standard InChI is InChI=1S/C15H14N2O3.HI/c1-2-16-10-4-3-5-13(16)7-6-12-11-14(17(19)20)8-9-15(12)18;/h3-11H,2H2,1H3;1H. The molecule has 0 aliphatic rings. The number of nitro benzene ring substituents is 1. The highest BCUT2D eigenvalue weighted by molar-refractivity contribution is 5.71. The summed E-state index contributed by atoms with van der Waals surface area (Å²) in [5.74, 6) is 0.0193. The average Bonchev–Trinajstić information content (AvgIpc) is 2.46. The van der Waals surface area contributed by atoms with E-state index >= 15 is 0 Å². The van der Waals surface area contributed by atoms with Crippen LogP contribution in [0.4, 0.5) is 5.69 Å². The molecular formula is C15H15IN2O3. The molecule has 0 aliphatic heterocycles. The molecule has 6 heteroatoms. The SMILES string of the molecule is CC[n+]1ccccc1C=Cc1cc([N+](=O)[O-])ccc1O.[I-]. The molecule has 1 aromatic carbocycles. The third-order valence-corrected chi connectivity index (χ3v) is 2.97. The van der Waals surface area contributed by atoms with Crippen molar-refractivity contribution >= 4 is 17.8 Å². The summed E-state index contributed by atoms with van der Waals surface area (Å²) < 4.78 is 2.03.